The third-order valence-corrected chi connectivity index (χ3v) is 9.09. The van der Waals surface area contributed by atoms with Gasteiger partial charge in [0.15, 0.2) is 5.13 Å². The predicted octanol–water partition coefficient (Wildman–Crippen LogP) is 8.75. The highest BCUT2D eigenvalue weighted by atomic mass is 32.2. The van der Waals surface area contributed by atoms with Gasteiger partial charge in [0.2, 0.25) is 5.91 Å². The van der Waals surface area contributed by atoms with E-state index < -0.39 is 5.25 Å². The summed E-state index contributed by atoms with van der Waals surface area (Å²) in [6.45, 7) is 0. The van der Waals surface area contributed by atoms with E-state index >= 15 is 0 Å². The summed E-state index contributed by atoms with van der Waals surface area (Å²) in [6.07, 6.45) is 0. The quantitative estimate of drug-likeness (QED) is 0.177. The van der Waals surface area contributed by atoms with Crippen LogP contribution in [0.15, 0.2) is 125 Å². The third kappa shape index (κ3) is 5.99. The molecule has 0 aliphatic heterocycles. The number of carbonyl (C=O) groups excluding carboxylic acids is 2. The van der Waals surface area contributed by atoms with Crippen LogP contribution in [0, 0.1) is 0 Å². The van der Waals surface area contributed by atoms with E-state index in [4.69, 9.17) is 4.98 Å². The van der Waals surface area contributed by atoms with Crippen LogP contribution in [0.5, 0.6) is 0 Å². The first kappa shape index (κ1) is 26.0. The summed E-state index contributed by atoms with van der Waals surface area (Å²) < 4.78 is 0. The molecule has 5 nitrogen and oxygen atoms in total. The number of thioether (sulfide) groups is 1. The predicted molar refractivity (Wildman–Crippen MR) is 167 cm³/mol. The molecule has 0 bridgehead atoms. The summed E-state index contributed by atoms with van der Waals surface area (Å²) >= 11 is 4.23. The Bertz CT molecular complexity index is 1780. The topological polar surface area (TPSA) is 71.1 Å². The summed E-state index contributed by atoms with van der Waals surface area (Å²) in [6, 6.07) is 35.3. The van der Waals surface area contributed by atoms with Crippen LogP contribution in [0.1, 0.15) is 20.5 Å². The molecular formula is C32H23N3O2S3. The largest absolute Gasteiger partial charge is 0.321 e. The van der Waals surface area contributed by atoms with Gasteiger partial charge in [0.25, 0.3) is 5.91 Å². The lowest BCUT2D eigenvalue weighted by Gasteiger charge is -2.17. The highest BCUT2D eigenvalue weighted by molar-refractivity contribution is 8.00. The molecule has 6 aromatic rings. The molecule has 0 fully saturated rings. The van der Waals surface area contributed by atoms with Gasteiger partial charge in [-0.1, -0.05) is 78.9 Å². The third-order valence-electron chi connectivity index (χ3n) is 6.21. The van der Waals surface area contributed by atoms with Crippen molar-refractivity contribution in [2.24, 2.45) is 0 Å². The van der Waals surface area contributed by atoms with Gasteiger partial charge in [-0.3, -0.25) is 9.59 Å². The summed E-state index contributed by atoms with van der Waals surface area (Å²) in [7, 11) is 0. The van der Waals surface area contributed by atoms with Gasteiger partial charge in [-0.05, 0) is 52.0 Å². The lowest BCUT2D eigenvalue weighted by molar-refractivity contribution is -0.115. The van der Waals surface area contributed by atoms with E-state index in [0.29, 0.717) is 15.7 Å². The Balaban J connectivity index is 1.21. The smallest absolute Gasteiger partial charge is 0.265 e. The van der Waals surface area contributed by atoms with Crippen molar-refractivity contribution in [2.45, 2.75) is 10.1 Å². The van der Waals surface area contributed by atoms with E-state index in [9.17, 15) is 9.59 Å². The summed E-state index contributed by atoms with van der Waals surface area (Å²) in [5.41, 5.74) is 3.38. The van der Waals surface area contributed by atoms with Crippen LogP contribution in [0.3, 0.4) is 0 Å². The molecule has 2 amide bonds. The number of nitrogens with one attached hydrogen (secondary N) is 2. The van der Waals surface area contributed by atoms with Gasteiger partial charge in [-0.25, -0.2) is 4.98 Å². The van der Waals surface area contributed by atoms with Crippen LogP contribution in [-0.4, -0.2) is 16.8 Å². The molecule has 0 spiro atoms. The number of thiazole rings is 1. The van der Waals surface area contributed by atoms with Crippen molar-refractivity contribution in [2.75, 3.05) is 10.6 Å². The number of anilines is 2. The van der Waals surface area contributed by atoms with Crippen LogP contribution >= 0.6 is 34.4 Å². The Morgan fingerprint density at radius 3 is 2.40 bits per heavy atom. The van der Waals surface area contributed by atoms with E-state index in [1.807, 2.05) is 83.6 Å². The summed E-state index contributed by atoms with van der Waals surface area (Å²) in [4.78, 5) is 32.4. The molecule has 6 rings (SSSR count). The standard InChI is InChI=1S/C32H23N3O2S3/c36-30(28-14-7-17-38-28)33-25-12-6-13-26(19-25)40-29(22-9-2-1-3-10-22)31(37)35-32-34-27(20-39-32)24-16-15-21-8-4-5-11-23(21)18-24/h1-20,29H,(H,33,36)(H,34,35,37). The minimum atomic E-state index is -0.516. The molecule has 0 saturated heterocycles. The van der Waals surface area contributed by atoms with Gasteiger partial charge in [-0.15, -0.1) is 34.4 Å². The highest BCUT2D eigenvalue weighted by Crippen LogP contribution is 2.38. The number of fused-ring (bicyclic) bond motifs is 1. The SMILES string of the molecule is O=C(Nc1cccc(SC(C(=O)Nc2nc(-c3ccc4ccccc4c3)cs2)c2ccccc2)c1)c1cccs1. The first-order valence-electron chi connectivity index (χ1n) is 12.5. The van der Waals surface area contributed by atoms with Crippen molar-refractivity contribution in [3.8, 4) is 11.3 Å². The number of benzene rings is 4. The second-order valence-electron chi connectivity index (χ2n) is 8.96. The van der Waals surface area contributed by atoms with Gasteiger partial charge in [0.05, 0.1) is 10.6 Å². The molecule has 4 aromatic carbocycles. The average Bonchev–Trinajstić information content (AvgIpc) is 3.69. The van der Waals surface area contributed by atoms with Crippen molar-refractivity contribution in [3.05, 3.63) is 130 Å². The van der Waals surface area contributed by atoms with Crippen LogP contribution in [0.4, 0.5) is 10.8 Å². The first-order chi connectivity index (χ1) is 19.6. The monoisotopic (exact) mass is 577 g/mol. The van der Waals surface area contributed by atoms with Gasteiger partial charge >= 0.3 is 0 Å². The number of carbonyl (C=O) groups is 2. The molecule has 0 aliphatic rings. The Morgan fingerprint density at radius 1 is 0.750 bits per heavy atom. The second kappa shape index (κ2) is 11.9. The number of nitrogens with zero attached hydrogens (tertiary/aromatic N) is 1. The number of thiophene rings is 1. The molecule has 0 saturated carbocycles. The molecule has 8 heteroatoms. The maximum atomic E-state index is 13.6. The van der Waals surface area contributed by atoms with Crippen LogP contribution < -0.4 is 10.6 Å². The minimum Gasteiger partial charge on any atom is -0.321 e. The van der Waals surface area contributed by atoms with Crippen molar-refractivity contribution in [1.29, 1.82) is 0 Å². The zero-order valence-electron chi connectivity index (χ0n) is 21.1. The fourth-order valence-corrected chi connectivity index (χ4v) is 6.69. The fourth-order valence-electron chi connectivity index (χ4n) is 4.27. The van der Waals surface area contributed by atoms with Crippen molar-refractivity contribution < 1.29 is 9.59 Å². The lowest BCUT2D eigenvalue weighted by Crippen LogP contribution is -2.19. The van der Waals surface area contributed by atoms with Crippen LogP contribution in [-0.2, 0) is 4.79 Å². The first-order valence-corrected chi connectivity index (χ1v) is 15.2. The zero-order chi connectivity index (χ0) is 27.3. The van der Waals surface area contributed by atoms with Crippen molar-refractivity contribution in [1.82, 2.24) is 4.98 Å². The Morgan fingerprint density at radius 2 is 1.57 bits per heavy atom. The van der Waals surface area contributed by atoms with E-state index in [-0.39, 0.29) is 11.8 Å². The number of amides is 2. The molecule has 196 valence electrons. The molecule has 0 radical (unpaired) electrons. The van der Waals surface area contributed by atoms with E-state index in [1.54, 1.807) is 6.07 Å². The summed E-state index contributed by atoms with van der Waals surface area (Å²) in [5.74, 6) is -0.316. The van der Waals surface area contributed by atoms with E-state index in [2.05, 4.69) is 41.0 Å². The van der Waals surface area contributed by atoms with Gasteiger partial charge in [0.1, 0.15) is 5.25 Å². The molecule has 2 N–H and O–H groups in total. The van der Waals surface area contributed by atoms with Gasteiger partial charge in [-0.2, -0.15) is 0 Å². The Kier molecular flexibility index (Phi) is 7.72. The normalized spacial score (nSPS) is 11.7. The zero-order valence-corrected chi connectivity index (χ0v) is 23.6. The number of hydrogen-bond acceptors (Lipinski definition) is 6. The lowest BCUT2D eigenvalue weighted by atomic mass is 10.1. The van der Waals surface area contributed by atoms with Crippen LogP contribution in [0.2, 0.25) is 0 Å². The van der Waals surface area contributed by atoms with Crippen molar-refractivity contribution >= 4 is 67.8 Å². The molecule has 40 heavy (non-hydrogen) atoms. The van der Waals surface area contributed by atoms with Crippen molar-refractivity contribution in [3.63, 3.8) is 0 Å². The Hall–Kier alpha value is -4.24. The van der Waals surface area contributed by atoms with E-state index in [0.717, 1.165) is 27.1 Å². The molecule has 0 aliphatic carbocycles. The van der Waals surface area contributed by atoms with Gasteiger partial charge < -0.3 is 10.6 Å². The molecule has 1 unspecified atom stereocenters. The minimum absolute atomic E-state index is 0.152. The van der Waals surface area contributed by atoms with Crippen LogP contribution in [0.25, 0.3) is 22.0 Å². The van der Waals surface area contributed by atoms with Gasteiger partial charge in [0, 0.05) is 21.5 Å². The number of hydrogen-bond donors (Lipinski definition) is 2. The molecular weight excluding hydrogens is 555 g/mol. The second-order valence-corrected chi connectivity index (χ2v) is 11.9. The maximum Gasteiger partial charge on any atom is 0.265 e. The molecule has 2 heterocycles. The number of rotatable bonds is 8. The summed E-state index contributed by atoms with van der Waals surface area (Å²) in [5, 5.41) is 12.2. The van der Waals surface area contributed by atoms with E-state index in [1.165, 1.54) is 39.8 Å². The fraction of sp³-hybridized carbons (Fsp3) is 0.0312. The molecule has 1 atom stereocenters. The molecule has 2 aromatic heterocycles. The Labute approximate surface area is 243 Å². The highest BCUT2D eigenvalue weighted by Gasteiger charge is 2.23. The number of aromatic nitrogens is 1. The maximum absolute atomic E-state index is 13.6. The average molecular weight is 578 g/mol.